The van der Waals surface area contributed by atoms with Crippen LogP contribution in [0.2, 0.25) is 0 Å². The fourth-order valence-corrected chi connectivity index (χ4v) is 3.61. The predicted molar refractivity (Wildman–Crippen MR) is 101 cm³/mol. The zero-order chi connectivity index (χ0) is 18.1. The first-order chi connectivity index (χ1) is 12.8. The Bertz CT molecular complexity index is 933. The quantitative estimate of drug-likeness (QED) is 0.779. The van der Waals surface area contributed by atoms with Crippen molar-refractivity contribution in [3.63, 3.8) is 0 Å². The van der Waals surface area contributed by atoms with E-state index < -0.39 is 0 Å². The molecule has 0 aliphatic carbocycles. The van der Waals surface area contributed by atoms with Crippen molar-refractivity contribution in [1.82, 2.24) is 9.88 Å². The standard InChI is InChI=1S/C21H22N2O3/c1-24-18-12-20(26-3)19(25-2)11-15(18)21-17-9-6-10-23(17)16-8-5-4-7-14(16)13-22-21/h4-12,21-22H,13H2,1-3H3. The lowest BCUT2D eigenvalue weighted by molar-refractivity contribution is 0.346. The molecule has 0 radical (unpaired) electrons. The average Bonchev–Trinajstić information content (AvgIpc) is 3.11. The van der Waals surface area contributed by atoms with Gasteiger partial charge in [-0.15, -0.1) is 0 Å². The van der Waals surface area contributed by atoms with E-state index in [0.717, 1.165) is 23.6 Å². The molecular formula is C21H22N2O3. The molecule has 1 aliphatic heterocycles. The number of nitrogens with one attached hydrogen (secondary N) is 1. The molecular weight excluding hydrogens is 328 g/mol. The van der Waals surface area contributed by atoms with Crippen molar-refractivity contribution in [3.05, 3.63) is 71.5 Å². The number of nitrogens with zero attached hydrogens (tertiary/aromatic N) is 1. The molecule has 2 aromatic carbocycles. The van der Waals surface area contributed by atoms with Crippen molar-refractivity contribution >= 4 is 0 Å². The van der Waals surface area contributed by atoms with Gasteiger partial charge in [0.15, 0.2) is 11.5 Å². The lowest BCUT2D eigenvalue weighted by Crippen LogP contribution is -2.22. The van der Waals surface area contributed by atoms with Crippen LogP contribution in [0.4, 0.5) is 0 Å². The van der Waals surface area contributed by atoms with Crippen molar-refractivity contribution in [3.8, 4) is 22.9 Å². The molecule has 1 unspecified atom stereocenters. The molecule has 3 aromatic rings. The lowest BCUT2D eigenvalue weighted by atomic mass is 10.0. The molecule has 26 heavy (non-hydrogen) atoms. The number of hydrogen-bond donors (Lipinski definition) is 1. The Balaban J connectivity index is 1.88. The van der Waals surface area contributed by atoms with E-state index in [0.29, 0.717) is 11.5 Å². The molecule has 1 aliphatic rings. The highest BCUT2D eigenvalue weighted by atomic mass is 16.5. The first-order valence-electron chi connectivity index (χ1n) is 8.55. The van der Waals surface area contributed by atoms with Crippen LogP contribution in [-0.2, 0) is 6.54 Å². The van der Waals surface area contributed by atoms with E-state index in [1.165, 1.54) is 11.3 Å². The number of rotatable bonds is 4. The summed E-state index contributed by atoms with van der Waals surface area (Å²) in [4.78, 5) is 0. The minimum atomic E-state index is -0.0350. The Kier molecular flexibility index (Phi) is 4.31. The molecule has 2 heterocycles. The maximum Gasteiger partial charge on any atom is 0.164 e. The number of aromatic nitrogens is 1. The van der Waals surface area contributed by atoms with E-state index in [4.69, 9.17) is 14.2 Å². The summed E-state index contributed by atoms with van der Waals surface area (Å²) in [6.45, 7) is 0.764. The molecule has 0 bridgehead atoms. The van der Waals surface area contributed by atoms with Gasteiger partial charge in [-0.05, 0) is 29.8 Å². The van der Waals surface area contributed by atoms with Crippen LogP contribution < -0.4 is 19.5 Å². The third-order valence-corrected chi connectivity index (χ3v) is 4.87. The van der Waals surface area contributed by atoms with Crippen LogP contribution in [0, 0.1) is 0 Å². The van der Waals surface area contributed by atoms with Gasteiger partial charge in [0.05, 0.1) is 27.4 Å². The summed E-state index contributed by atoms with van der Waals surface area (Å²) in [5.74, 6) is 2.10. The molecule has 0 saturated carbocycles. The summed E-state index contributed by atoms with van der Waals surface area (Å²) in [7, 11) is 4.95. The highest BCUT2D eigenvalue weighted by molar-refractivity contribution is 5.55. The average molecular weight is 350 g/mol. The Morgan fingerprint density at radius 3 is 2.38 bits per heavy atom. The minimum Gasteiger partial charge on any atom is -0.496 e. The predicted octanol–water partition coefficient (Wildman–Crippen LogP) is 3.70. The molecule has 0 amide bonds. The molecule has 5 nitrogen and oxygen atoms in total. The largest absolute Gasteiger partial charge is 0.496 e. The van der Waals surface area contributed by atoms with Crippen molar-refractivity contribution in [2.24, 2.45) is 0 Å². The van der Waals surface area contributed by atoms with Crippen LogP contribution >= 0.6 is 0 Å². The number of para-hydroxylation sites is 1. The summed E-state index contributed by atoms with van der Waals surface area (Å²) in [6, 6.07) is 16.5. The highest BCUT2D eigenvalue weighted by Crippen LogP contribution is 2.41. The highest BCUT2D eigenvalue weighted by Gasteiger charge is 2.26. The van der Waals surface area contributed by atoms with Crippen molar-refractivity contribution in [2.75, 3.05) is 21.3 Å². The fraction of sp³-hybridized carbons (Fsp3) is 0.238. The zero-order valence-electron chi connectivity index (χ0n) is 15.2. The van der Waals surface area contributed by atoms with Gasteiger partial charge >= 0.3 is 0 Å². The van der Waals surface area contributed by atoms with Crippen molar-refractivity contribution in [2.45, 2.75) is 12.6 Å². The molecule has 1 aromatic heterocycles. The molecule has 0 saturated heterocycles. The topological polar surface area (TPSA) is 44.7 Å². The van der Waals surface area contributed by atoms with E-state index in [9.17, 15) is 0 Å². The summed E-state index contributed by atoms with van der Waals surface area (Å²) >= 11 is 0. The second-order valence-electron chi connectivity index (χ2n) is 6.19. The molecule has 0 spiro atoms. The maximum absolute atomic E-state index is 5.67. The number of ether oxygens (including phenoxy) is 3. The SMILES string of the molecule is COc1cc(OC)c(C2NCc3ccccc3-n3cccc32)cc1OC. The Morgan fingerprint density at radius 1 is 0.885 bits per heavy atom. The Hall–Kier alpha value is -2.92. The monoisotopic (exact) mass is 350 g/mol. The van der Waals surface area contributed by atoms with Crippen LogP contribution in [-0.4, -0.2) is 25.9 Å². The number of benzene rings is 2. The summed E-state index contributed by atoms with van der Waals surface area (Å²) in [5, 5.41) is 3.66. The van der Waals surface area contributed by atoms with Crippen LogP contribution in [0.5, 0.6) is 17.2 Å². The Morgan fingerprint density at radius 2 is 1.62 bits per heavy atom. The van der Waals surface area contributed by atoms with Gasteiger partial charge in [0.1, 0.15) is 5.75 Å². The summed E-state index contributed by atoms with van der Waals surface area (Å²) in [6.07, 6.45) is 2.10. The smallest absolute Gasteiger partial charge is 0.164 e. The van der Waals surface area contributed by atoms with Crippen LogP contribution in [0.15, 0.2) is 54.7 Å². The van der Waals surface area contributed by atoms with E-state index in [2.05, 4.69) is 52.5 Å². The Labute approximate surface area is 153 Å². The second kappa shape index (κ2) is 6.77. The van der Waals surface area contributed by atoms with Gasteiger partial charge in [0.25, 0.3) is 0 Å². The van der Waals surface area contributed by atoms with Crippen LogP contribution in [0.1, 0.15) is 22.9 Å². The van der Waals surface area contributed by atoms with Crippen molar-refractivity contribution < 1.29 is 14.2 Å². The molecule has 1 N–H and O–H groups in total. The van der Waals surface area contributed by atoms with Gasteiger partial charge in [-0.3, -0.25) is 0 Å². The third kappa shape index (κ3) is 2.61. The van der Waals surface area contributed by atoms with E-state index in [1.54, 1.807) is 21.3 Å². The number of hydrogen-bond acceptors (Lipinski definition) is 4. The molecule has 4 rings (SSSR count). The fourth-order valence-electron chi connectivity index (χ4n) is 3.61. The number of methoxy groups -OCH3 is 3. The third-order valence-electron chi connectivity index (χ3n) is 4.87. The van der Waals surface area contributed by atoms with Gasteiger partial charge in [0, 0.05) is 35.8 Å². The zero-order valence-corrected chi connectivity index (χ0v) is 15.2. The lowest BCUT2D eigenvalue weighted by Gasteiger charge is -2.22. The molecule has 134 valence electrons. The molecule has 0 fully saturated rings. The van der Waals surface area contributed by atoms with Gasteiger partial charge in [-0.2, -0.15) is 0 Å². The van der Waals surface area contributed by atoms with Gasteiger partial charge < -0.3 is 24.1 Å². The van der Waals surface area contributed by atoms with Crippen LogP contribution in [0.25, 0.3) is 5.69 Å². The summed E-state index contributed by atoms with van der Waals surface area (Å²) in [5.41, 5.74) is 4.62. The van der Waals surface area contributed by atoms with E-state index in [-0.39, 0.29) is 6.04 Å². The van der Waals surface area contributed by atoms with E-state index in [1.807, 2.05) is 12.1 Å². The first kappa shape index (κ1) is 16.5. The van der Waals surface area contributed by atoms with Gasteiger partial charge in [0.2, 0.25) is 0 Å². The number of fused-ring (bicyclic) bond motifs is 3. The maximum atomic E-state index is 5.67. The normalized spacial score (nSPS) is 15.6. The first-order valence-corrected chi connectivity index (χ1v) is 8.55. The second-order valence-corrected chi connectivity index (χ2v) is 6.19. The van der Waals surface area contributed by atoms with Crippen LogP contribution in [0.3, 0.4) is 0 Å². The van der Waals surface area contributed by atoms with E-state index >= 15 is 0 Å². The minimum absolute atomic E-state index is 0.0350. The molecule has 1 atom stereocenters. The summed E-state index contributed by atoms with van der Waals surface area (Å²) < 4.78 is 18.8. The van der Waals surface area contributed by atoms with Gasteiger partial charge in [-0.1, -0.05) is 18.2 Å². The van der Waals surface area contributed by atoms with Gasteiger partial charge in [-0.25, -0.2) is 0 Å². The molecule has 5 heteroatoms. The van der Waals surface area contributed by atoms with Crippen molar-refractivity contribution in [1.29, 1.82) is 0 Å².